The summed E-state index contributed by atoms with van der Waals surface area (Å²) in [6.45, 7) is 2.18. The second-order valence-corrected chi connectivity index (χ2v) is 6.54. The van der Waals surface area contributed by atoms with E-state index in [2.05, 4.69) is 9.88 Å². The maximum absolute atomic E-state index is 13.6. The smallest absolute Gasteiger partial charge is 0.223 e. The van der Waals surface area contributed by atoms with Crippen LogP contribution in [-0.2, 0) is 11.3 Å². The molecule has 1 saturated carbocycles. The standard InChI is InChI=1S/C16H22FN3O/c17-14-10-19-6-3-13(14)11-20-7-4-16(5-8-20,15(18)21)9-12-1-2-12/h3,6,10,12H,1-2,4-5,7-9,11H2,(H2,18,21). The number of likely N-dealkylation sites (tertiary alicyclic amines) is 1. The molecule has 1 aliphatic carbocycles. The largest absolute Gasteiger partial charge is 0.369 e. The fourth-order valence-electron chi connectivity index (χ4n) is 3.34. The van der Waals surface area contributed by atoms with Crippen LogP contribution in [0.2, 0.25) is 0 Å². The first-order valence-corrected chi connectivity index (χ1v) is 7.70. The van der Waals surface area contributed by atoms with E-state index in [9.17, 15) is 9.18 Å². The summed E-state index contributed by atoms with van der Waals surface area (Å²) >= 11 is 0. The molecule has 2 heterocycles. The van der Waals surface area contributed by atoms with E-state index in [1.165, 1.54) is 19.0 Å². The molecule has 2 aliphatic rings. The van der Waals surface area contributed by atoms with E-state index in [1.54, 1.807) is 12.3 Å². The van der Waals surface area contributed by atoms with Gasteiger partial charge < -0.3 is 5.73 Å². The first-order valence-electron chi connectivity index (χ1n) is 7.70. The number of nitrogens with two attached hydrogens (primary N) is 1. The van der Waals surface area contributed by atoms with Crippen LogP contribution < -0.4 is 5.73 Å². The van der Waals surface area contributed by atoms with E-state index >= 15 is 0 Å². The number of hydrogen-bond acceptors (Lipinski definition) is 3. The molecule has 4 nitrogen and oxygen atoms in total. The van der Waals surface area contributed by atoms with Crippen molar-refractivity contribution in [3.05, 3.63) is 29.8 Å². The summed E-state index contributed by atoms with van der Waals surface area (Å²) in [5.41, 5.74) is 6.02. The number of nitrogens with zero attached hydrogens (tertiary/aromatic N) is 2. The van der Waals surface area contributed by atoms with E-state index in [1.807, 2.05) is 0 Å². The van der Waals surface area contributed by atoms with Crippen molar-refractivity contribution in [1.82, 2.24) is 9.88 Å². The maximum atomic E-state index is 13.6. The first kappa shape index (κ1) is 14.4. The minimum atomic E-state index is -0.325. The van der Waals surface area contributed by atoms with Gasteiger partial charge in [-0.1, -0.05) is 12.8 Å². The topological polar surface area (TPSA) is 59.2 Å². The lowest BCUT2D eigenvalue weighted by molar-refractivity contribution is -0.131. The number of aromatic nitrogens is 1. The average molecular weight is 291 g/mol. The predicted molar refractivity (Wildman–Crippen MR) is 77.7 cm³/mol. The van der Waals surface area contributed by atoms with Gasteiger partial charge in [-0.2, -0.15) is 0 Å². The van der Waals surface area contributed by atoms with Gasteiger partial charge in [0.1, 0.15) is 5.82 Å². The molecular weight excluding hydrogens is 269 g/mol. The first-order chi connectivity index (χ1) is 10.1. The van der Waals surface area contributed by atoms with Crippen molar-refractivity contribution in [2.75, 3.05) is 13.1 Å². The fourth-order valence-corrected chi connectivity index (χ4v) is 3.34. The Labute approximate surface area is 124 Å². The second kappa shape index (κ2) is 5.72. The van der Waals surface area contributed by atoms with E-state index in [4.69, 9.17) is 5.73 Å². The lowest BCUT2D eigenvalue weighted by atomic mass is 9.73. The SMILES string of the molecule is NC(=O)C1(CC2CC2)CCN(Cc2ccncc2F)CC1. The molecule has 0 atom stereocenters. The van der Waals surface area contributed by atoms with Crippen molar-refractivity contribution in [2.45, 2.75) is 38.6 Å². The van der Waals surface area contributed by atoms with E-state index in [0.29, 0.717) is 18.0 Å². The van der Waals surface area contributed by atoms with Gasteiger partial charge in [0.15, 0.2) is 0 Å². The summed E-state index contributed by atoms with van der Waals surface area (Å²) in [4.78, 5) is 17.9. The lowest BCUT2D eigenvalue weighted by Gasteiger charge is -2.40. The highest BCUT2D eigenvalue weighted by atomic mass is 19.1. The highest BCUT2D eigenvalue weighted by molar-refractivity contribution is 5.81. The minimum Gasteiger partial charge on any atom is -0.369 e. The van der Waals surface area contributed by atoms with Gasteiger partial charge in [0, 0.05) is 18.3 Å². The summed E-state index contributed by atoms with van der Waals surface area (Å²) in [5, 5.41) is 0. The van der Waals surface area contributed by atoms with E-state index < -0.39 is 0 Å². The zero-order valence-corrected chi connectivity index (χ0v) is 12.2. The molecule has 2 fully saturated rings. The van der Waals surface area contributed by atoms with Crippen LogP contribution in [0.25, 0.3) is 0 Å². The molecular formula is C16H22FN3O. The minimum absolute atomic E-state index is 0.149. The van der Waals surface area contributed by atoms with Gasteiger partial charge in [-0.05, 0) is 44.3 Å². The molecule has 1 aromatic heterocycles. The Morgan fingerprint density at radius 3 is 2.71 bits per heavy atom. The van der Waals surface area contributed by atoms with Gasteiger partial charge in [0.05, 0.1) is 11.6 Å². The monoisotopic (exact) mass is 291 g/mol. The fraction of sp³-hybridized carbons (Fsp3) is 0.625. The number of primary amides is 1. The Kier molecular flexibility index (Phi) is 3.93. The molecule has 0 radical (unpaired) electrons. The van der Waals surface area contributed by atoms with Crippen molar-refractivity contribution in [3.8, 4) is 0 Å². The molecule has 5 heteroatoms. The molecule has 1 saturated heterocycles. The van der Waals surface area contributed by atoms with Crippen LogP contribution in [0.4, 0.5) is 4.39 Å². The van der Waals surface area contributed by atoms with Crippen LogP contribution in [0.1, 0.15) is 37.7 Å². The van der Waals surface area contributed by atoms with Crippen molar-refractivity contribution in [3.63, 3.8) is 0 Å². The normalized spacial score (nSPS) is 22.1. The van der Waals surface area contributed by atoms with Crippen LogP contribution >= 0.6 is 0 Å². The number of amides is 1. The summed E-state index contributed by atoms with van der Waals surface area (Å²) < 4.78 is 13.6. The number of carbonyl (C=O) groups excluding carboxylic acids is 1. The summed E-state index contributed by atoms with van der Waals surface area (Å²) in [7, 11) is 0. The zero-order chi connectivity index (χ0) is 14.9. The molecule has 3 rings (SSSR count). The quantitative estimate of drug-likeness (QED) is 0.903. The molecule has 0 aromatic carbocycles. The van der Waals surface area contributed by atoms with E-state index in [-0.39, 0.29) is 17.1 Å². The van der Waals surface area contributed by atoms with Gasteiger partial charge in [-0.15, -0.1) is 0 Å². The number of rotatable bonds is 5. The molecule has 2 N–H and O–H groups in total. The third-order valence-corrected chi connectivity index (χ3v) is 4.96. The molecule has 0 unspecified atom stereocenters. The number of pyridine rings is 1. The van der Waals surface area contributed by atoms with Crippen LogP contribution in [-0.4, -0.2) is 28.9 Å². The van der Waals surface area contributed by atoms with Crippen molar-refractivity contribution >= 4 is 5.91 Å². The summed E-state index contributed by atoms with van der Waals surface area (Å²) in [5.74, 6) is 0.285. The van der Waals surface area contributed by atoms with Gasteiger partial charge in [-0.25, -0.2) is 4.39 Å². The predicted octanol–water partition coefficient (Wildman–Crippen LogP) is 2.09. The van der Waals surface area contributed by atoms with Crippen molar-refractivity contribution in [2.24, 2.45) is 17.1 Å². The Balaban J connectivity index is 1.61. The lowest BCUT2D eigenvalue weighted by Crippen LogP contribution is -2.47. The van der Waals surface area contributed by atoms with E-state index in [0.717, 1.165) is 32.4 Å². The molecule has 1 aliphatic heterocycles. The van der Waals surface area contributed by atoms with Crippen molar-refractivity contribution < 1.29 is 9.18 Å². The second-order valence-electron chi connectivity index (χ2n) is 6.54. The molecule has 21 heavy (non-hydrogen) atoms. The van der Waals surface area contributed by atoms with Gasteiger partial charge in [0.25, 0.3) is 0 Å². The molecule has 0 spiro atoms. The number of piperidine rings is 1. The molecule has 1 aromatic rings. The number of halogens is 1. The third kappa shape index (κ3) is 3.23. The van der Waals surface area contributed by atoms with Crippen LogP contribution in [0.3, 0.4) is 0 Å². The van der Waals surface area contributed by atoms with Crippen LogP contribution in [0.15, 0.2) is 18.5 Å². The van der Waals surface area contributed by atoms with Gasteiger partial charge in [-0.3, -0.25) is 14.7 Å². The average Bonchev–Trinajstić information content (AvgIpc) is 3.27. The van der Waals surface area contributed by atoms with Crippen LogP contribution in [0, 0.1) is 17.2 Å². The molecule has 1 amide bonds. The van der Waals surface area contributed by atoms with Gasteiger partial charge >= 0.3 is 0 Å². The molecule has 114 valence electrons. The molecule has 0 bridgehead atoms. The maximum Gasteiger partial charge on any atom is 0.223 e. The Morgan fingerprint density at radius 2 is 2.14 bits per heavy atom. The Morgan fingerprint density at radius 1 is 1.43 bits per heavy atom. The number of carbonyl (C=O) groups is 1. The zero-order valence-electron chi connectivity index (χ0n) is 12.2. The highest BCUT2D eigenvalue weighted by Gasteiger charge is 2.43. The third-order valence-electron chi connectivity index (χ3n) is 4.96. The van der Waals surface area contributed by atoms with Crippen molar-refractivity contribution in [1.29, 1.82) is 0 Å². The van der Waals surface area contributed by atoms with Crippen LogP contribution in [0.5, 0.6) is 0 Å². The summed E-state index contributed by atoms with van der Waals surface area (Å²) in [6.07, 6.45) is 7.88. The number of hydrogen-bond donors (Lipinski definition) is 1. The highest BCUT2D eigenvalue weighted by Crippen LogP contribution is 2.45. The Hall–Kier alpha value is -1.49. The Bertz CT molecular complexity index is 522. The summed E-state index contributed by atoms with van der Waals surface area (Å²) in [6, 6.07) is 1.72. The van der Waals surface area contributed by atoms with Gasteiger partial charge in [0.2, 0.25) is 5.91 Å².